The van der Waals surface area contributed by atoms with Gasteiger partial charge < -0.3 is 14.5 Å². The van der Waals surface area contributed by atoms with E-state index < -0.39 is 0 Å². The van der Waals surface area contributed by atoms with Crippen LogP contribution >= 0.6 is 0 Å². The molecule has 1 unspecified atom stereocenters. The van der Waals surface area contributed by atoms with Crippen molar-refractivity contribution in [2.45, 2.75) is 39.0 Å². The first kappa shape index (κ1) is 22.1. The van der Waals surface area contributed by atoms with Gasteiger partial charge in [-0.1, -0.05) is 29.8 Å². The van der Waals surface area contributed by atoms with Crippen LogP contribution in [0.25, 0.3) is 16.8 Å². The molecule has 1 aliphatic rings. The quantitative estimate of drug-likeness (QED) is 0.378. The number of aromatic nitrogens is 2. The third-order valence-corrected chi connectivity index (χ3v) is 6.00. The van der Waals surface area contributed by atoms with E-state index in [-0.39, 0.29) is 12.2 Å². The van der Waals surface area contributed by atoms with Gasteiger partial charge in [0, 0.05) is 55.0 Å². The van der Waals surface area contributed by atoms with Crippen LogP contribution in [0.2, 0.25) is 0 Å². The zero-order valence-corrected chi connectivity index (χ0v) is 19.2. The van der Waals surface area contributed by atoms with E-state index in [9.17, 15) is 4.79 Å². The average Bonchev–Trinajstić information content (AvgIpc) is 3.36. The Hall–Kier alpha value is -3.68. The molecule has 0 bridgehead atoms. The molecular formula is C27H28N4O3. The second-order valence-corrected chi connectivity index (χ2v) is 8.55. The number of nitrogens with one attached hydrogen (secondary N) is 2. The fraction of sp³-hybridized carbons (Fsp3) is 0.259. The molecule has 0 radical (unpaired) electrons. The Labute approximate surface area is 198 Å². The highest BCUT2D eigenvalue weighted by molar-refractivity contribution is 5.93. The lowest BCUT2D eigenvalue weighted by Gasteiger charge is -2.22. The van der Waals surface area contributed by atoms with E-state index in [1.807, 2.05) is 24.5 Å². The summed E-state index contributed by atoms with van der Waals surface area (Å²) in [6.45, 7) is 3.36. The molecule has 1 aliphatic heterocycles. The molecule has 2 N–H and O–H groups in total. The van der Waals surface area contributed by atoms with Crippen molar-refractivity contribution in [3.8, 4) is 11.1 Å². The molecule has 1 saturated heterocycles. The number of fused-ring (bicyclic) bond motifs is 1. The molecule has 1 amide bonds. The van der Waals surface area contributed by atoms with Crippen molar-refractivity contribution in [3.05, 3.63) is 89.9 Å². The molecule has 2 aromatic carbocycles. The zero-order chi connectivity index (χ0) is 23.3. The topological polar surface area (TPSA) is 76.9 Å². The molecule has 0 aliphatic carbocycles. The number of hydroxylamine groups is 1. The lowest BCUT2D eigenvalue weighted by atomic mass is 10.0. The highest BCUT2D eigenvalue weighted by atomic mass is 16.8. The van der Waals surface area contributed by atoms with Crippen molar-refractivity contribution in [2.24, 2.45) is 0 Å². The highest BCUT2D eigenvalue weighted by Crippen LogP contribution is 2.24. The SMILES string of the molecule is Cc1ccc(-c2cc(CNc3ccc(C(=O)NOC4CCCCO4)cc3)c3nccn3c2)cc1. The van der Waals surface area contributed by atoms with Gasteiger partial charge in [-0.05, 0) is 61.2 Å². The van der Waals surface area contributed by atoms with E-state index in [1.54, 1.807) is 12.1 Å². The summed E-state index contributed by atoms with van der Waals surface area (Å²) in [6, 6.07) is 18.0. The molecule has 4 aromatic rings. The van der Waals surface area contributed by atoms with E-state index in [2.05, 4.69) is 63.6 Å². The minimum Gasteiger partial charge on any atom is -0.381 e. The lowest BCUT2D eigenvalue weighted by Crippen LogP contribution is -2.33. The first-order valence-electron chi connectivity index (χ1n) is 11.6. The number of hydrogen-bond acceptors (Lipinski definition) is 5. The van der Waals surface area contributed by atoms with Gasteiger partial charge in [-0.2, -0.15) is 0 Å². The van der Waals surface area contributed by atoms with E-state index >= 15 is 0 Å². The Morgan fingerprint density at radius 2 is 1.94 bits per heavy atom. The number of amides is 1. The highest BCUT2D eigenvalue weighted by Gasteiger charge is 2.16. The van der Waals surface area contributed by atoms with Gasteiger partial charge in [0.2, 0.25) is 0 Å². The maximum atomic E-state index is 12.4. The number of nitrogens with zero attached hydrogens (tertiary/aromatic N) is 2. The molecule has 1 fully saturated rings. The average molecular weight is 457 g/mol. The third kappa shape index (κ3) is 5.11. The molecule has 3 heterocycles. The normalized spacial score (nSPS) is 15.9. The summed E-state index contributed by atoms with van der Waals surface area (Å²) in [5, 5.41) is 3.44. The van der Waals surface area contributed by atoms with Gasteiger partial charge in [0.1, 0.15) is 5.65 Å². The summed E-state index contributed by atoms with van der Waals surface area (Å²) in [7, 11) is 0. The first-order valence-corrected chi connectivity index (χ1v) is 11.6. The van der Waals surface area contributed by atoms with Crippen LogP contribution in [0.15, 0.2) is 73.2 Å². The predicted octanol–water partition coefficient (Wildman–Crippen LogP) is 5.11. The number of ether oxygens (including phenoxy) is 1. The molecular weight excluding hydrogens is 428 g/mol. The minimum atomic E-state index is -0.367. The Morgan fingerprint density at radius 1 is 1.12 bits per heavy atom. The van der Waals surface area contributed by atoms with Crippen molar-refractivity contribution in [1.82, 2.24) is 14.9 Å². The molecule has 1 atom stereocenters. The van der Waals surface area contributed by atoms with Crippen LogP contribution in [0.4, 0.5) is 5.69 Å². The van der Waals surface area contributed by atoms with Gasteiger partial charge in [0.05, 0.1) is 0 Å². The second kappa shape index (κ2) is 10.1. The first-order chi connectivity index (χ1) is 16.7. The van der Waals surface area contributed by atoms with Gasteiger partial charge in [-0.25, -0.2) is 15.3 Å². The maximum absolute atomic E-state index is 12.4. The number of rotatable bonds is 7. The number of carbonyl (C=O) groups excluding carboxylic acids is 1. The molecule has 5 rings (SSSR count). The van der Waals surface area contributed by atoms with Crippen LogP contribution in [0.5, 0.6) is 0 Å². The molecule has 0 spiro atoms. The Kier molecular flexibility index (Phi) is 6.56. The van der Waals surface area contributed by atoms with E-state index in [0.717, 1.165) is 41.7 Å². The van der Waals surface area contributed by atoms with Gasteiger partial charge in [-0.3, -0.25) is 4.79 Å². The smallest absolute Gasteiger partial charge is 0.274 e. The third-order valence-electron chi connectivity index (χ3n) is 6.00. The summed E-state index contributed by atoms with van der Waals surface area (Å²) >= 11 is 0. The Bertz CT molecular complexity index is 1260. The molecule has 7 nitrogen and oxygen atoms in total. The summed E-state index contributed by atoms with van der Waals surface area (Å²) in [5.41, 5.74) is 9.48. The van der Waals surface area contributed by atoms with Gasteiger partial charge in [0.15, 0.2) is 6.29 Å². The van der Waals surface area contributed by atoms with Crippen molar-refractivity contribution >= 4 is 17.2 Å². The van der Waals surface area contributed by atoms with Crippen LogP contribution < -0.4 is 10.8 Å². The zero-order valence-electron chi connectivity index (χ0n) is 19.2. The van der Waals surface area contributed by atoms with Crippen LogP contribution in [0.1, 0.15) is 40.7 Å². The second-order valence-electron chi connectivity index (χ2n) is 8.55. The molecule has 0 saturated carbocycles. The molecule has 174 valence electrons. The van der Waals surface area contributed by atoms with E-state index in [1.165, 1.54) is 11.1 Å². The van der Waals surface area contributed by atoms with Crippen molar-refractivity contribution in [2.75, 3.05) is 11.9 Å². The number of carbonyl (C=O) groups is 1. The van der Waals surface area contributed by atoms with Crippen molar-refractivity contribution < 1.29 is 14.4 Å². The fourth-order valence-electron chi connectivity index (χ4n) is 4.06. The van der Waals surface area contributed by atoms with Gasteiger partial charge in [-0.15, -0.1) is 0 Å². The van der Waals surface area contributed by atoms with Gasteiger partial charge >= 0.3 is 0 Å². The summed E-state index contributed by atoms with van der Waals surface area (Å²) < 4.78 is 7.52. The number of aryl methyl sites for hydroxylation is 1. The summed E-state index contributed by atoms with van der Waals surface area (Å²) in [4.78, 5) is 22.3. The predicted molar refractivity (Wildman–Crippen MR) is 131 cm³/mol. The van der Waals surface area contributed by atoms with Crippen LogP contribution in [0.3, 0.4) is 0 Å². The van der Waals surface area contributed by atoms with Crippen molar-refractivity contribution in [3.63, 3.8) is 0 Å². The monoisotopic (exact) mass is 456 g/mol. The lowest BCUT2D eigenvalue weighted by molar-refractivity contribution is -0.186. The van der Waals surface area contributed by atoms with Gasteiger partial charge in [0.25, 0.3) is 5.91 Å². The summed E-state index contributed by atoms with van der Waals surface area (Å²) in [5.74, 6) is -0.286. The molecule has 34 heavy (non-hydrogen) atoms. The van der Waals surface area contributed by atoms with Crippen molar-refractivity contribution in [1.29, 1.82) is 0 Å². The fourth-order valence-corrected chi connectivity index (χ4v) is 4.06. The molecule has 2 aromatic heterocycles. The number of imidazole rings is 1. The Morgan fingerprint density at radius 3 is 2.71 bits per heavy atom. The Balaban J connectivity index is 1.25. The minimum absolute atomic E-state index is 0.286. The number of pyridine rings is 1. The largest absolute Gasteiger partial charge is 0.381 e. The van der Waals surface area contributed by atoms with Crippen LogP contribution in [-0.4, -0.2) is 28.2 Å². The van der Waals surface area contributed by atoms with Crippen LogP contribution in [-0.2, 0) is 16.1 Å². The number of benzene rings is 2. The van der Waals surface area contributed by atoms with E-state index in [4.69, 9.17) is 9.57 Å². The standard InChI is InChI=1S/C27H28N4O3/c1-19-5-7-20(8-6-19)23-16-22(26-28-13-14-31(26)18-23)17-29-24-11-9-21(10-12-24)27(32)30-34-25-4-2-3-15-33-25/h5-14,16,18,25,29H,2-4,15,17H2,1H3,(H,30,32). The summed E-state index contributed by atoms with van der Waals surface area (Å²) in [6.07, 6.45) is 8.37. The number of anilines is 1. The van der Waals surface area contributed by atoms with E-state index in [0.29, 0.717) is 18.7 Å². The maximum Gasteiger partial charge on any atom is 0.274 e. The molecule has 7 heteroatoms. The van der Waals surface area contributed by atoms with Crippen LogP contribution in [0, 0.1) is 6.92 Å². The number of hydrogen-bond donors (Lipinski definition) is 2.